The van der Waals surface area contributed by atoms with Crippen LogP contribution in [0, 0.1) is 0 Å². The molecule has 1 atom stereocenters. The lowest BCUT2D eigenvalue weighted by Crippen LogP contribution is -2.44. The smallest absolute Gasteiger partial charge is 0.0610 e. The van der Waals surface area contributed by atoms with Crippen molar-refractivity contribution >= 4 is 0 Å². The van der Waals surface area contributed by atoms with E-state index in [9.17, 15) is 5.11 Å². The summed E-state index contributed by atoms with van der Waals surface area (Å²) in [4.78, 5) is 2.45. The van der Waals surface area contributed by atoms with Gasteiger partial charge in [-0.05, 0) is 53.8 Å². The molecule has 3 heteroatoms. The van der Waals surface area contributed by atoms with E-state index in [4.69, 9.17) is 0 Å². The maximum Gasteiger partial charge on any atom is 0.0610 e. The topological polar surface area (TPSA) is 35.5 Å². The van der Waals surface area contributed by atoms with Crippen LogP contribution in [0.2, 0.25) is 0 Å². The van der Waals surface area contributed by atoms with E-state index in [0.717, 1.165) is 25.9 Å². The maximum absolute atomic E-state index is 9.24. The molecule has 15 heavy (non-hydrogen) atoms. The Kier molecular flexibility index (Phi) is 7.14. The third-order valence-corrected chi connectivity index (χ3v) is 3.26. The van der Waals surface area contributed by atoms with Gasteiger partial charge in [0.15, 0.2) is 0 Å². The van der Waals surface area contributed by atoms with Crippen LogP contribution in [-0.4, -0.2) is 48.3 Å². The minimum Gasteiger partial charge on any atom is -0.394 e. The van der Waals surface area contributed by atoms with E-state index in [1.165, 1.54) is 0 Å². The first kappa shape index (κ1) is 14.9. The molecule has 0 amide bonds. The fourth-order valence-corrected chi connectivity index (χ4v) is 1.74. The van der Waals surface area contributed by atoms with Gasteiger partial charge in [0.1, 0.15) is 0 Å². The molecule has 0 spiro atoms. The molecule has 0 saturated carbocycles. The van der Waals surface area contributed by atoms with Gasteiger partial charge in [-0.1, -0.05) is 6.92 Å². The van der Waals surface area contributed by atoms with E-state index in [2.05, 4.69) is 37.9 Å². The number of nitrogens with zero attached hydrogens (tertiary/aromatic N) is 1. The van der Waals surface area contributed by atoms with Crippen molar-refractivity contribution in [3.05, 3.63) is 0 Å². The first-order valence-corrected chi connectivity index (χ1v) is 6.03. The molecule has 92 valence electrons. The number of nitrogens with one attached hydrogen (secondary N) is 1. The zero-order valence-corrected chi connectivity index (χ0v) is 11.0. The van der Waals surface area contributed by atoms with Crippen molar-refractivity contribution in [1.82, 2.24) is 10.2 Å². The SMILES string of the molecule is CCN(CCCC(C)(CO)NC)C(C)C. The van der Waals surface area contributed by atoms with Crippen LogP contribution in [0.1, 0.15) is 40.5 Å². The molecule has 0 aliphatic heterocycles. The Labute approximate surface area is 94.9 Å². The van der Waals surface area contributed by atoms with E-state index in [1.807, 2.05) is 7.05 Å². The van der Waals surface area contributed by atoms with Gasteiger partial charge in [0.05, 0.1) is 6.61 Å². The number of rotatable bonds is 8. The summed E-state index contributed by atoms with van der Waals surface area (Å²) in [6.45, 7) is 11.2. The third kappa shape index (κ3) is 5.50. The maximum atomic E-state index is 9.24. The average Bonchev–Trinajstić information content (AvgIpc) is 2.23. The van der Waals surface area contributed by atoms with Crippen molar-refractivity contribution in [3.8, 4) is 0 Å². The molecular weight excluding hydrogens is 188 g/mol. The molecule has 0 aliphatic carbocycles. The number of hydrogen-bond acceptors (Lipinski definition) is 3. The first-order chi connectivity index (χ1) is 6.99. The van der Waals surface area contributed by atoms with E-state index in [1.54, 1.807) is 0 Å². The molecule has 0 aromatic rings. The van der Waals surface area contributed by atoms with Gasteiger partial charge >= 0.3 is 0 Å². The summed E-state index contributed by atoms with van der Waals surface area (Å²) in [6.07, 6.45) is 2.15. The van der Waals surface area contributed by atoms with Crippen LogP contribution in [-0.2, 0) is 0 Å². The molecule has 0 heterocycles. The Morgan fingerprint density at radius 3 is 2.33 bits per heavy atom. The largest absolute Gasteiger partial charge is 0.394 e. The van der Waals surface area contributed by atoms with Crippen molar-refractivity contribution in [2.45, 2.75) is 52.1 Å². The van der Waals surface area contributed by atoms with Gasteiger partial charge in [0.25, 0.3) is 0 Å². The van der Waals surface area contributed by atoms with Crippen molar-refractivity contribution in [3.63, 3.8) is 0 Å². The van der Waals surface area contributed by atoms with Crippen LogP contribution >= 0.6 is 0 Å². The second-order valence-electron chi connectivity index (χ2n) is 4.79. The summed E-state index contributed by atoms with van der Waals surface area (Å²) in [5.41, 5.74) is -0.115. The van der Waals surface area contributed by atoms with Crippen LogP contribution in [0.15, 0.2) is 0 Å². The standard InChI is InChI=1S/C12H28N2O/c1-6-14(11(2)3)9-7-8-12(4,10-15)13-5/h11,13,15H,6-10H2,1-5H3. The van der Waals surface area contributed by atoms with Crippen molar-refractivity contribution in [2.75, 3.05) is 26.7 Å². The predicted molar refractivity (Wildman–Crippen MR) is 66.2 cm³/mol. The third-order valence-electron chi connectivity index (χ3n) is 3.26. The van der Waals surface area contributed by atoms with Crippen molar-refractivity contribution < 1.29 is 5.11 Å². The Morgan fingerprint density at radius 1 is 1.40 bits per heavy atom. The molecule has 0 fully saturated rings. The van der Waals surface area contributed by atoms with Crippen LogP contribution in [0.4, 0.5) is 0 Å². The fourth-order valence-electron chi connectivity index (χ4n) is 1.74. The molecule has 0 rings (SSSR count). The Bertz CT molecular complexity index is 156. The molecule has 2 N–H and O–H groups in total. The highest BCUT2D eigenvalue weighted by atomic mass is 16.3. The summed E-state index contributed by atoms with van der Waals surface area (Å²) in [6, 6.07) is 0.616. The van der Waals surface area contributed by atoms with Crippen LogP contribution in [0.3, 0.4) is 0 Å². The fraction of sp³-hybridized carbons (Fsp3) is 1.00. The summed E-state index contributed by atoms with van der Waals surface area (Å²) >= 11 is 0. The van der Waals surface area contributed by atoms with E-state index in [-0.39, 0.29) is 12.1 Å². The van der Waals surface area contributed by atoms with E-state index in [0.29, 0.717) is 6.04 Å². The molecule has 0 aromatic carbocycles. The van der Waals surface area contributed by atoms with Gasteiger partial charge in [-0.15, -0.1) is 0 Å². The second kappa shape index (κ2) is 7.20. The Morgan fingerprint density at radius 2 is 2.00 bits per heavy atom. The lowest BCUT2D eigenvalue weighted by atomic mass is 9.97. The molecule has 0 saturated heterocycles. The second-order valence-corrected chi connectivity index (χ2v) is 4.79. The molecule has 0 radical (unpaired) electrons. The number of hydrogen-bond donors (Lipinski definition) is 2. The zero-order valence-electron chi connectivity index (χ0n) is 11.0. The van der Waals surface area contributed by atoms with E-state index >= 15 is 0 Å². The molecule has 3 nitrogen and oxygen atoms in total. The predicted octanol–water partition coefficient (Wildman–Crippen LogP) is 1.47. The van der Waals surface area contributed by atoms with Crippen LogP contribution in [0.25, 0.3) is 0 Å². The highest BCUT2D eigenvalue weighted by molar-refractivity contribution is 4.80. The quantitative estimate of drug-likeness (QED) is 0.645. The first-order valence-electron chi connectivity index (χ1n) is 6.03. The monoisotopic (exact) mass is 216 g/mol. The Hall–Kier alpha value is -0.120. The van der Waals surface area contributed by atoms with Gasteiger partial charge in [0, 0.05) is 11.6 Å². The number of likely N-dealkylation sites (N-methyl/N-ethyl adjacent to an activating group) is 1. The Balaban J connectivity index is 3.85. The van der Waals surface area contributed by atoms with Gasteiger partial charge < -0.3 is 15.3 Å². The van der Waals surface area contributed by atoms with Gasteiger partial charge in [-0.25, -0.2) is 0 Å². The zero-order chi connectivity index (χ0) is 11.9. The lowest BCUT2D eigenvalue weighted by Gasteiger charge is -2.29. The normalized spacial score (nSPS) is 16.0. The minimum absolute atomic E-state index is 0.115. The molecule has 0 bridgehead atoms. The summed E-state index contributed by atoms with van der Waals surface area (Å²) in [5, 5.41) is 12.4. The minimum atomic E-state index is -0.115. The summed E-state index contributed by atoms with van der Waals surface area (Å²) in [7, 11) is 1.91. The highest BCUT2D eigenvalue weighted by Gasteiger charge is 2.20. The molecular formula is C12H28N2O. The van der Waals surface area contributed by atoms with Gasteiger partial charge in [-0.2, -0.15) is 0 Å². The lowest BCUT2D eigenvalue weighted by molar-refractivity contribution is 0.159. The molecule has 0 aliphatic rings. The van der Waals surface area contributed by atoms with Crippen LogP contribution < -0.4 is 5.32 Å². The van der Waals surface area contributed by atoms with Crippen molar-refractivity contribution in [2.24, 2.45) is 0 Å². The van der Waals surface area contributed by atoms with E-state index < -0.39 is 0 Å². The highest BCUT2D eigenvalue weighted by Crippen LogP contribution is 2.12. The van der Waals surface area contributed by atoms with Gasteiger partial charge in [-0.3, -0.25) is 0 Å². The average molecular weight is 216 g/mol. The number of aliphatic hydroxyl groups is 1. The molecule has 0 aromatic heterocycles. The summed E-state index contributed by atoms with van der Waals surface area (Å²) in [5.74, 6) is 0. The van der Waals surface area contributed by atoms with Crippen LogP contribution in [0.5, 0.6) is 0 Å². The molecule has 1 unspecified atom stereocenters. The van der Waals surface area contributed by atoms with Gasteiger partial charge in [0.2, 0.25) is 0 Å². The number of aliphatic hydroxyl groups excluding tert-OH is 1. The van der Waals surface area contributed by atoms with Crippen molar-refractivity contribution in [1.29, 1.82) is 0 Å². The summed E-state index contributed by atoms with van der Waals surface area (Å²) < 4.78 is 0.